The van der Waals surface area contributed by atoms with Gasteiger partial charge in [0.1, 0.15) is 12.1 Å². The minimum absolute atomic E-state index is 0.177. The van der Waals surface area contributed by atoms with E-state index < -0.39 is 0 Å². The first kappa shape index (κ1) is 17.1. The second-order valence-electron chi connectivity index (χ2n) is 7.93. The van der Waals surface area contributed by atoms with Crippen molar-refractivity contribution in [3.05, 3.63) is 52.7 Å². The molecule has 2 aromatic heterocycles. The molecule has 3 aromatic rings. The van der Waals surface area contributed by atoms with Gasteiger partial charge in [-0.25, -0.2) is 9.97 Å². The lowest BCUT2D eigenvalue weighted by molar-refractivity contribution is 0.130. The van der Waals surface area contributed by atoms with Crippen molar-refractivity contribution in [2.45, 2.75) is 57.1 Å². The Bertz CT molecular complexity index is 969. The molecule has 0 amide bonds. The number of thiophene rings is 1. The Kier molecular flexibility index (Phi) is 4.37. The van der Waals surface area contributed by atoms with Crippen molar-refractivity contribution in [3.8, 4) is 0 Å². The van der Waals surface area contributed by atoms with E-state index in [1.165, 1.54) is 16.7 Å². The lowest BCUT2D eigenvalue weighted by Gasteiger charge is -2.15. The quantitative estimate of drug-likeness (QED) is 0.665. The normalized spacial score (nSPS) is 27.2. The number of aliphatic hydroxyl groups is 1. The van der Waals surface area contributed by atoms with Gasteiger partial charge in [0.15, 0.2) is 0 Å². The Morgan fingerprint density at radius 2 is 2.07 bits per heavy atom. The topological polar surface area (TPSA) is 58.0 Å². The van der Waals surface area contributed by atoms with Gasteiger partial charge >= 0.3 is 0 Å². The Balaban J connectivity index is 1.45. The number of nitrogens with zero attached hydrogens (tertiary/aromatic N) is 2. The van der Waals surface area contributed by atoms with Crippen LogP contribution in [-0.4, -0.2) is 21.2 Å². The SMILES string of the molecule is CC[C@@H]1C[C@@H](c2csc3c(N[C@H]4CCc5ccccc54)ncnc23)C[C@H]1O. The van der Waals surface area contributed by atoms with Crippen LogP contribution in [0.1, 0.15) is 61.3 Å². The van der Waals surface area contributed by atoms with E-state index in [9.17, 15) is 5.11 Å². The van der Waals surface area contributed by atoms with Crippen LogP contribution >= 0.6 is 11.3 Å². The predicted octanol–water partition coefficient (Wildman–Crippen LogP) is 5.06. The van der Waals surface area contributed by atoms with Gasteiger partial charge in [0.2, 0.25) is 0 Å². The zero-order chi connectivity index (χ0) is 18.4. The van der Waals surface area contributed by atoms with Crippen LogP contribution in [0, 0.1) is 5.92 Å². The summed E-state index contributed by atoms with van der Waals surface area (Å²) in [4.78, 5) is 9.19. The summed E-state index contributed by atoms with van der Waals surface area (Å²) in [7, 11) is 0. The van der Waals surface area contributed by atoms with Crippen LogP contribution in [0.5, 0.6) is 0 Å². The van der Waals surface area contributed by atoms with E-state index in [0.717, 1.165) is 48.1 Å². The first-order valence-corrected chi connectivity index (χ1v) is 10.9. The molecule has 5 rings (SSSR count). The van der Waals surface area contributed by atoms with Gasteiger partial charge in [-0.3, -0.25) is 0 Å². The Morgan fingerprint density at radius 3 is 2.93 bits per heavy atom. The molecule has 1 saturated carbocycles. The highest BCUT2D eigenvalue weighted by Gasteiger charge is 2.34. The number of benzene rings is 1. The molecule has 0 unspecified atom stereocenters. The minimum Gasteiger partial charge on any atom is -0.393 e. The number of rotatable bonds is 4. The van der Waals surface area contributed by atoms with Gasteiger partial charge in [-0.2, -0.15) is 0 Å². The molecule has 2 N–H and O–H groups in total. The average molecular weight is 380 g/mol. The van der Waals surface area contributed by atoms with Gasteiger partial charge in [0.25, 0.3) is 0 Å². The van der Waals surface area contributed by atoms with E-state index in [4.69, 9.17) is 0 Å². The van der Waals surface area contributed by atoms with Crippen molar-refractivity contribution < 1.29 is 5.11 Å². The van der Waals surface area contributed by atoms with Crippen molar-refractivity contribution in [1.29, 1.82) is 0 Å². The molecule has 4 nitrogen and oxygen atoms in total. The third-order valence-electron chi connectivity index (χ3n) is 6.45. The van der Waals surface area contributed by atoms with Gasteiger partial charge in [-0.1, -0.05) is 37.6 Å². The molecule has 0 radical (unpaired) electrons. The zero-order valence-electron chi connectivity index (χ0n) is 15.6. The predicted molar refractivity (Wildman–Crippen MR) is 110 cm³/mol. The van der Waals surface area contributed by atoms with Crippen molar-refractivity contribution in [2.24, 2.45) is 5.92 Å². The molecule has 27 heavy (non-hydrogen) atoms. The number of aryl methyl sites for hydroxylation is 1. The van der Waals surface area contributed by atoms with Crippen molar-refractivity contribution in [1.82, 2.24) is 9.97 Å². The van der Waals surface area contributed by atoms with Gasteiger partial charge in [-0.05, 0) is 59.6 Å². The van der Waals surface area contributed by atoms with E-state index in [-0.39, 0.29) is 6.10 Å². The molecule has 4 atom stereocenters. The number of aromatic nitrogens is 2. The fourth-order valence-corrected chi connectivity index (χ4v) is 5.98. The molecule has 1 fully saturated rings. The van der Waals surface area contributed by atoms with Crippen LogP contribution < -0.4 is 5.32 Å². The van der Waals surface area contributed by atoms with Gasteiger partial charge < -0.3 is 10.4 Å². The molecular formula is C22H25N3OS. The molecule has 0 saturated heterocycles. The van der Waals surface area contributed by atoms with Crippen LogP contribution in [-0.2, 0) is 6.42 Å². The summed E-state index contributed by atoms with van der Waals surface area (Å²) >= 11 is 1.73. The summed E-state index contributed by atoms with van der Waals surface area (Å²) < 4.78 is 1.14. The molecule has 2 heterocycles. The summed E-state index contributed by atoms with van der Waals surface area (Å²) in [5.41, 5.74) is 5.20. The van der Waals surface area contributed by atoms with Crippen LogP contribution in [0.25, 0.3) is 10.2 Å². The number of aliphatic hydroxyl groups excluding tert-OH is 1. The van der Waals surface area contributed by atoms with E-state index in [1.807, 2.05) is 0 Å². The van der Waals surface area contributed by atoms with Crippen molar-refractivity contribution >= 4 is 27.4 Å². The Labute approximate surface area is 163 Å². The second kappa shape index (κ2) is 6.88. The fraction of sp³-hybridized carbons (Fsp3) is 0.455. The van der Waals surface area contributed by atoms with E-state index >= 15 is 0 Å². The van der Waals surface area contributed by atoms with Crippen LogP contribution in [0.15, 0.2) is 36.0 Å². The summed E-state index contributed by atoms with van der Waals surface area (Å²) in [6.07, 6.45) is 6.70. The lowest BCUT2D eigenvalue weighted by atomic mass is 9.97. The van der Waals surface area contributed by atoms with Gasteiger partial charge in [0.05, 0.1) is 22.4 Å². The Hall–Kier alpha value is -1.98. The van der Waals surface area contributed by atoms with Crippen LogP contribution in [0.4, 0.5) is 5.82 Å². The summed E-state index contributed by atoms with van der Waals surface area (Å²) in [5, 5.41) is 16.2. The lowest BCUT2D eigenvalue weighted by Crippen LogP contribution is -2.11. The molecule has 2 aliphatic rings. The second-order valence-corrected chi connectivity index (χ2v) is 8.81. The van der Waals surface area contributed by atoms with Crippen molar-refractivity contribution in [3.63, 3.8) is 0 Å². The third-order valence-corrected chi connectivity index (χ3v) is 7.44. The first-order valence-electron chi connectivity index (χ1n) is 9.99. The monoisotopic (exact) mass is 379 g/mol. The van der Waals surface area contributed by atoms with E-state index in [2.05, 4.69) is 51.9 Å². The van der Waals surface area contributed by atoms with Gasteiger partial charge in [-0.15, -0.1) is 11.3 Å². The fourth-order valence-electron chi connectivity index (χ4n) is 4.93. The highest BCUT2D eigenvalue weighted by Crippen LogP contribution is 2.45. The number of hydrogen-bond acceptors (Lipinski definition) is 5. The maximum atomic E-state index is 10.3. The first-order chi connectivity index (χ1) is 13.2. The maximum absolute atomic E-state index is 10.3. The number of hydrogen-bond donors (Lipinski definition) is 2. The van der Waals surface area contributed by atoms with Crippen LogP contribution in [0.2, 0.25) is 0 Å². The summed E-state index contributed by atoms with van der Waals surface area (Å²) in [6.45, 7) is 2.17. The number of fused-ring (bicyclic) bond motifs is 2. The third kappa shape index (κ3) is 2.93. The molecule has 5 heteroatoms. The highest BCUT2D eigenvalue weighted by atomic mass is 32.1. The molecule has 0 aliphatic heterocycles. The summed E-state index contributed by atoms with van der Waals surface area (Å²) in [6, 6.07) is 9.01. The molecule has 0 spiro atoms. The standard InChI is InChI=1S/C22H25N3OS/c1-2-13-9-15(10-19(13)26)17-11-27-21-20(17)23-12-24-22(21)25-18-8-7-14-5-3-4-6-16(14)18/h3-6,11-13,15,18-19,26H,2,7-10H2,1H3,(H,23,24,25)/t13-,15-,18+,19-/m1/s1. The van der Waals surface area contributed by atoms with Crippen LogP contribution in [0.3, 0.4) is 0 Å². The number of nitrogens with one attached hydrogen (secondary N) is 1. The largest absolute Gasteiger partial charge is 0.393 e. The molecule has 0 bridgehead atoms. The molecular weight excluding hydrogens is 354 g/mol. The van der Waals surface area contributed by atoms with E-state index in [0.29, 0.717) is 17.9 Å². The zero-order valence-corrected chi connectivity index (χ0v) is 16.4. The molecule has 140 valence electrons. The minimum atomic E-state index is -0.177. The van der Waals surface area contributed by atoms with Gasteiger partial charge in [0, 0.05) is 0 Å². The smallest absolute Gasteiger partial charge is 0.147 e. The number of anilines is 1. The molecule has 2 aliphatic carbocycles. The molecule has 1 aromatic carbocycles. The van der Waals surface area contributed by atoms with Crippen molar-refractivity contribution in [2.75, 3.05) is 5.32 Å². The average Bonchev–Trinajstić information content (AvgIpc) is 3.39. The van der Waals surface area contributed by atoms with E-state index in [1.54, 1.807) is 17.7 Å². The highest BCUT2D eigenvalue weighted by molar-refractivity contribution is 7.18. The summed E-state index contributed by atoms with van der Waals surface area (Å²) in [5.74, 6) is 1.77. The Morgan fingerprint density at radius 1 is 1.19 bits per heavy atom. The maximum Gasteiger partial charge on any atom is 0.147 e.